The minimum Gasteiger partial charge on any atom is -0.360 e. The first-order chi connectivity index (χ1) is 15.3. The lowest BCUT2D eigenvalue weighted by molar-refractivity contribution is 0.113. The normalized spacial score (nSPS) is 18.6. The number of fused-ring (bicyclic) bond motifs is 1. The van der Waals surface area contributed by atoms with Crippen LogP contribution in [0, 0.1) is 12.7 Å². The van der Waals surface area contributed by atoms with E-state index in [2.05, 4.69) is 60.0 Å². The number of nitrogens with zero attached hydrogens (tertiary/aromatic N) is 6. The Balaban J connectivity index is 1.59. The van der Waals surface area contributed by atoms with Crippen LogP contribution in [0.25, 0.3) is 22.2 Å². The summed E-state index contributed by atoms with van der Waals surface area (Å²) in [7, 11) is 3.88. The van der Waals surface area contributed by atoms with Gasteiger partial charge >= 0.3 is 0 Å². The number of amidine groups is 1. The first-order valence-corrected chi connectivity index (χ1v) is 11.4. The van der Waals surface area contributed by atoms with Crippen LogP contribution >= 0.6 is 0 Å². The molecule has 1 aliphatic heterocycles. The summed E-state index contributed by atoms with van der Waals surface area (Å²) in [5, 5.41) is 8.63. The zero-order valence-electron chi connectivity index (χ0n) is 20.9. The maximum atomic E-state index is 14.5. The van der Waals surface area contributed by atoms with Gasteiger partial charge in [-0.1, -0.05) is 0 Å². The number of hydrogen-bond donors (Lipinski definition) is 1. The van der Waals surface area contributed by atoms with Gasteiger partial charge in [0.05, 0.1) is 17.6 Å². The highest BCUT2D eigenvalue weighted by Crippen LogP contribution is 2.32. The molecule has 33 heavy (non-hydrogen) atoms. The Bertz CT molecular complexity index is 1210. The lowest BCUT2D eigenvalue weighted by Crippen LogP contribution is -2.62. The molecule has 0 radical (unpaired) electrons. The third kappa shape index (κ3) is 4.90. The molecule has 0 amide bonds. The van der Waals surface area contributed by atoms with E-state index in [-0.39, 0.29) is 16.9 Å². The van der Waals surface area contributed by atoms with Gasteiger partial charge in [0.25, 0.3) is 0 Å². The Morgan fingerprint density at radius 1 is 1.21 bits per heavy atom. The topological polar surface area (TPSA) is 71.2 Å². The van der Waals surface area contributed by atoms with E-state index < -0.39 is 0 Å². The van der Waals surface area contributed by atoms with E-state index in [1.807, 2.05) is 19.9 Å². The summed E-state index contributed by atoms with van der Waals surface area (Å²) in [6, 6.07) is 3.72. The molecule has 1 saturated heterocycles. The van der Waals surface area contributed by atoms with Crippen LogP contribution in [0.5, 0.6) is 0 Å². The second-order valence-corrected chi connectivity index (χ2v) is 10.6. The molecule has 8 heteroatoms. The molecule has 0 atom stereocenters. The fraction of sp³-hybridized carbons (Fsp3) is 0.520. The average Bonchev–Trinajstić information content (AvgIpc) is 3.07. The highest BCUT2D eigenvalue weighted by Gasteiger charge is 2.39. The smallest absolute Gasteiger partial charge is 0.175 e. The zero-order chi connectivity index (χ0) is 24.1. The van der Waals surface area contributed by atoms with Crippen molar-refractivity contribution in [2.75, 3.05) is 7.05 Å². The number of aromatic nitrogens is 4. The zero-order valence-corrected chi connectivity index (χ0v) is 20.9. The SMILES string of the molecule is CC(=Nc1ncc(-c2cc(F)c3nn(C)cc3c2)nc1C)N(C)C1CC(C)(C)NC(C)(C)C1. The molecule has 0 bridgehead atoms. The lowest BCUT2D eigenvalue weighted by Gasteiger charge is -2.49. The van der Waals surface area contributed by atoms with E-state index in [1.165, 1.54) is 6.07 Å². The number of hydrogen-bond acceptors (Lipinski definition) is 5. The molecule has 0 spiro atoms. The molecule has 7 nitrogen and oxygen atoms in total. The third-order valence-electron chi connectivity index (χ3n) is 6.39. The Hall–Kier alpha value is -2.87. The second-order valence-electron chi connectivity index (χ2n) is 10.6. The molecule has 1 aliphatic rings. The summed E-state index contributed by atoms with van der Waals surface area (Å²) in [4.78, 5) is 16.3. The van der Waals surface area contributed by atoms with Crippen molar-refractivity contribution in [3.63, 3.8) is 0 Å². The summed E-state index contributed by atoms with van der Waals surface area (Å²) in [6.45, 7) is 12.9. The minimum absolute atomic E-state index is 0.0585. The van der Waals surface area contributed by atoms with Crippen molar-refractivity contribution in [1.29, 1.82) is 0 Å². The number of aryl methyl sites for hydroxylation is 2. The Kier molecular flexibility index (Phi) is 5.76. The maximum Gasteiger partial charge on any atom is 0.175 e. The van der Waals surface area contributed by atoms with Gasteiger partial charge in [0.1, 0.15) is 11.4 Å². The molecule has 0 unspecified atom stereocenters. The summed E-state index contributed by atoms with van der Waals surface area (Å²) < 4.78 is 16.1. The summed E-state index contributed by atoms with van der Waals surface area (Å²) >= 11 is 0. The highest BCUT2D eigenvalue weighted by atomic mass is 19.1. The minimum atomic E-state index is -0.366. The second kappa shape index (κ2) is 8.17. The predicted molar refractivity (Wildman–Crippen MR) is 131 cm³/mol. The van der Waals surface area contributed by atoms with Crippen molar-refractivity contribution in [3.8, 4) is 11.3 Å². The van der Waals surface area contributed by atoms with Crippen LogP contribution < -0.4 is 5.32 Å². The third-order valence-corrected chi connectivity index (χ3v) is 6.39. The van der Waals surface area contributed by atoms with Crippen LogP contribution in [0.1, 0.15) is 53.2 Å². The predicted octanol–water partition coefficient (Wildman–Crippen LogP) is 4.77. The van der Waals surface area contributed by atoms with Crippen LogP contribution in [-0.2, 0) is 7.05 Å². The van der Waals surface area contributed by atoms with Crippen molar-refractivity contribution < 1.29 is 4.39 Å². The molecule has 2 aromatic heterocycles. The summed E-state index contributed by atoms with van der Waals surface area (Å²) in [5.74, 6) is 1.12. The molecule has 0 saturated carbocycles. The quantitative estimate of drug-likeness (QED) is 0.459. The monoisotopic (exact) mass is 451 g/mol. The van der Waals surface area contributed by atoms with E-state index in [1.54, 1.807) is 24.1 Å². The van der Waals surface area contributed by atoms with Crippen molar-refractivity contribution in [3.05, 3.63) is 36.0 Å². The summed E-state index contributed by atoms with van der Waals surface area (Å²) in [6.07, 6.45) is 5.52. The van der Waals surface area contributed by atoms with Gasteiger partial charge in [-0.05, 0) is 66.5 Å². The Labute approximate surface area is 195 Å². The van der Waals surface area contributed by atoms with Crippen molar-refractivity contribution in [1.82, 2.24) is 30.0 Å². The van der Waals surface area contributed by atoms with E-state index in [4.69, 9.17) is 4.99 Å². The van der Waals surface area contributed by atoms with Crippen LogP contribution in [0.4, 0.5) is 10.2 Å². The molecule has 1 fully saturated rings. The van der Waals surface area contributed by atoms with E-state index in [9.17, 15) is 4.39 Å². The molecule has 1 N–H and O–H groups in total. The van der Waals surface area contributed by atoms with Gasteiger partial charge in [-0.3, -0.25) is 4.68 Å². The fourth-order valence-corrected chi connectivity index (χ4v) is 5.12. The van der Waals surface area contributed by atoms with E-state index in [0.717, 1.165) is 24.1 Å². The number of rotatable bonds is 3. The molecule has 3 heterocycles. The van der Waals surface area contributed by atoms with Gasteiger partial charge in [0.2, 0.25) is 0 Å². The van der Waals surface area contributed by atoms with Crippen molar-refractivity contribution in [2.24, 2.45) is 12.0 Å². The molecule has 4 rings (SSSR count). The van der Waals surface area contributed by atoms with Gasteiger partial charge in [0, 0.05) is 48.4 Å². The maximum absolute atomic E-state index is 14.5. The van der Waals surface area contributed by atoms with Gasteiger partial charge in [-0.2, -0.15) is 5.10 Å². The van der Waals surface area contributed by atoms with Gasteiger partial charge in [-0.25, -0.2) is 19.4 Å². The van der Waals surface area contributed by atoms with Crippen LogP contribution in [0.2, 0.25) is 0 Å². The van der Waals surface area contributed by atoms with Crippen LogP contribution in [0.3, 0.4) is 0 Å². The van der Waals surface area contributed by atoms with Crippen LogP contribution in [-0.4, -0.2) is 54.7 Å². The summed E-state index contributed by atoms with van der Waals surface area (Å²) in [5.41, 5.74) is 2.47. The standard InChI is InChI=1S/C25H34FN7/c1-15-23(29-16(2)33(8)19-11-24(3,4)31-25(5,6)12-19)27-13-21(28-15)17-9-18-14-32(7)30-22(18)20(26)10-17/h9-10,13-14,19,31H,11-12H2,1-8H3. The molecule has 3 aromatic rings. The molecular weight excluding hydrogens is 417 g/mol. The lowest BCUT2D eigenvalue weighted by atomic mass is 9.79. The number of halogens is 1. The fourth-order valence-electron chi connectivity index (χ4n) is 5.12. The van der Waals surface area contributed by atoms with E-state index in [0.29, 0.717) is 34.3 Å². The first-order valence-electron chi connectivity index (χ1n) is 11.4. The first kappa shape index (κ1) is 23.3. The Morgan fingerprint density at radius 2 is 1.88 bits per heavy atom. The van der Waals surface area contributed by atoms with E-state index >= 15 is 0 Å². The van der Waals surface area contributed by atoms with Crippen molar-refractivity contribution >= 4 is 22.6 Å². The molecule has 176 valence electrons. The molecular formula is C25H34FN7. The van der Waals surface area contributed by atoms with Gasteiger partial charge in [0.15, 0.2) is 11.6 Å². The number of piperidine rings is 1. The average molecular weight is 452 g/mol. The number of nitrogens with one attached hydrogen (secondary N) is 1. The molecule has 0 aliphatic carbocycles. The number of benzene rings is 1. The number of aliphatic imine (C=N–C) groups is 1. The Morgan fingerprint density at radius 3 is 2.52 bits per heavy atom. The largest absolute Gasteiger partial charge is 0.360 e. The van der Waals surface area contributed by atoms with Gasteiger partial charge in [-0.15, -0.1) is 0 Å². The molecule has 1 aromatic carbocycles. The van der Waals surface area contributed by atoms with Crippen molar-refractivity contribution in [2.45, 2.75) is 71.5 Å². The van der Waals surface area contributed by atoms with Gasteiger partial charge < -0.3 is 10.2 Å². The van der Waals surface area contributed by atoms with Crippen LogP contribution in [0.15, 0.2) is 29.5 Å². The highest BCUT2D eigenvalue weighted by molar-refractivity contribution is 5.84.